The molecule has 0 fully saturated rings. The Kier molecular flexibility index (Phi) is 3.77. The molecule has 0 aliphatic heterocycles. The Morgan fingerprint density at radius 3 is 2.48 bits per heavy atom. The van der Waals surface area contributed by atoms with Crippen LogP contribution in [0, 0.1) is 6.92 Å². The molecular weight excluding hydrogens is 380 g/mol. The van der Waals surface area contributed by atoms with E-state index in [0.717, 1.165) is 27.3 Å². The standard InChI is InChI=1S/C19H13ClN6S/c1-11-6-8-12(9-7-11)15-10-27-19-24-18(25-26(15)19)23-17-16(20)21-13-4-2-3-5-14(13)22-17/h2-10H,1H3,(H,22,23,25). The Labute approximate surface area is 163 Å². The van der Waals surface area contributed by atoms with E-state index in [-0.39, 0.29) is 5.15 Å². The van der Waals surface area contributed by atoms with Crippen LogP contribution in [0.2, 0.25) is 5.15 Å². The Balaban J connectivity index is 1.53. The van der Waals surface area contributed by atoms with Crippen LogP contribution in [0.5, 0.6) is 0 Å². The lowest BCUT2D eigenvalue weighted by atomic mass is 10.1. The van der Waals surface area contributed by atoms with Gasteiger partial charge in [0.05, 0.1) is 16.7 Å². The smallest absolute Gasteiger partial charge is 0.249 e. The Morgan fingerprint density at radius 2 is 1.70 bits per heavy atom. The third kappa shape index (κ3) is 2.90. The van der Waals surface area contributed by atoms with E-state index in [0.29, 0.717) is 11.8 Å². The van der Waals surface area contributed by atoms with Crippen LogP contribution in [0.15, 0.2) is 53.9 Å². The molecule has 0 saturated heterocycles. The van der Waals surface area contributed by atoms with E-state index in [4.69, 9.17) is 11.6 Å². The minimum Gasteiger partial charge on any atom is -0.305 e. The summed E-state index contributed by atoms with van der Waals surface area (Å²) in [6, 6.07) is 15.9. The molecule has 3 heterocycles. The van der Waals surface area contributed by atoms with Crippen molar-refractivity contribution < 1.29 is 0 Å². The highest BCUT2D eigenvalue weighted by Gasteiger charge is 2.14. The molecule has 5 aromatic rings. The summed E-state index contributed by atoms with van der Waals surface area (Å²) in [6.45, 7) is 2.07. The highest BCUT2D eigenvalue weighted by molar-refractivity contribution is 7.15. The van der Waals surface area contributed by atoms with E-state index in [1.54, 1.807) is 0 Å². The van der Waals surface area contributed by atoms with Gasteiger partial charge in [-0.25, -0.2) is 14.5 Å². The molecule has 2 aromatic carbocycles. The summed E-state index contributed by atoms with van der Waals surface area (Å²) >= 11 is 7.80. The third-order valence-electron chi connectivity index (χ3n) is 4.19. The van der Waals surface area contributed by atoms with Crippen molar-refractivity contribution in [3.05, 3.63) is 64.6 Å². The first-order valence-corrected chi connectivity index (χ1v) is 9.54. The van der Waals surface area contributed by atoms with Crippen molar-refractivity contribution in [2.75, 3.05) is 5.32 Å². The molecule has 0 atom stereocenters. The largest absolute Gasteiger partial charge is 0.305 e. The predicted octanol–water partition coefficient (Wildman–Crippen LogP) is 5.11. The molecule has 0 saturated carbocycles. The van der Waals surface area contributed by atoms with Crippen molar-refractivity contribution in [2.45, 2.75) is 6.92 Å². The van der Waals surface area contributed by atoms with Crippen LogP contribution in [0.1, 0.15) is 5.56 Å². The Morgan fingerprint density at radius 1 is 0.963 bits per heavy atom. The fourth-order valence-corrected chi connectivity index (χ4v) is 3.83. The molecule has 3 aromatic heterocycles. The molecule has 0 amide bonds. The summed E-state index contributed by atoms with van der Waals surface area (Å²) in [7, 11) is 0. The molecule has 6 nitrogen and oxygen atoms in total. The van der Waals surface area contributed by atoms with Gasteiger partial charge >= 0.3 is 0 Å². The van der Waals surface area contributed by atoms with Gasteiger partial charge in [-0.3, -0.25) is 0 Å². The van der Waals surface area contributed by atoms with Gasteiger partial charge in [0.1, 0.15) is 0 Å². The van der Waals surface area contributed by atoms with Crippen LogP contribution in [-0.2, 0) is 0 Å². The van der Waals surface area contributed by atoms with Crippen molar-refractivity contribution in [2.24, 2.45) is 0 Å². The first kappa shape index (κ1) is 16.2. The van der Waals surface area contributed by atoms with Gasteiger partial charge < -0.3 is 5.32 Å². The monoisotopic (exact) mass is 392 g/mol. The highest BCUT2D eigenvalue weighted by Crippen LogP contribution is 2.28. The average Bonchev–Trinajstić information content (AvgIpc) is 3.23. The minimum atomic E-state index is 0.283. The summed E-state index contributed by atoms with van der Waals surface area (Å²) in [6.07, 6.45) is 0. The van der Waals surface area contributed by atoms with E-state index in [1.807, 2.05) is 34.2 Å². The quantitative estimate of drug-likeness (QED) is 0.462. The third-order valence-corrected chi connectivity index (χ3v) is 5.27. The maximum Gasteiger partial charge on any atom is 0.249 e. The lowest BCUT2D eigenvalue weighted by Gasteiger charge is -2.05. The lowest BCUT2D eigenvalue weighted by molar-refractivity contribution is 0.987. The molecule has 0 aliphatic rings. The SMILES string of the molecule is Cc1ccc(-c2csc3nc(Nc4nc5ccccc5nc4Cl)nn23)cc1. The molecule has 8 heteroatoms. The molecule has 5 rings (SSSR count). The second kappa shape index (κ2) is 6.29. The Hall–Kier alpha value is -3.03. The average molecular weight is 393 g/mol. The summed E-state index contributed by atoms with van der Waals surface area (Å²) in [5, 5.41) is 9.98. The molecule has 0 radical (unpaired) electrons. The van der Waals surface area contributed by atoms with Gasteiger partial charge in [0, 0.05) is 10.9 Å². The van der Waals surface area contributed by atoms with E-state index in [9.17, 15) is 0 Å². The molecule has 0 aliphatic carbocycles. The molecular formula is C19H13ClN6S. The Bertz CT molecular complexity index is 1270. The van der Waals surface area contributed by atoms with E-state index >= 15 is 0 Å². The fourth-order valence-electron chi connectivity index (χ4n) is 2.82. The van der Waals surface area contributed by atoms with Crippen LogP contribution in [0.3, 0.4) is 0 Å². The van der Waals surface area contributed by atoms with Gasteiger partial charge in [0.15, 0.2) is 11.0 Å². The lowest BCUT2D eigenvalue weighted by Crippen LogP contribution is -1.99. The van der Waals surface area contributed by atoms with Crippen molar-refractivity contribution >= 4 is 50.7 Å². The highest BCUT2D eigenvalue weighted by atomic mass is 35.5. The number of aromatic nitrogens is 5. The summed E-state index contributed by atoms with van der Waals surface area (Å²) in [5.74, 6) is 0.868. The van der Waals surface area contributed by atoms with Gasteiger partial charge in [0.2, 0.25) is 10.9 Å². The summed E-state index contributed by atoms with van der Waals surface area (Å²) < 4.78 is 1.82. The number of benzene rings is 2. The molecule has 0 bridgehead atoms. The number of para-hydroxylation sites is 2. The van der Waals surface area contributed by atoms with Gasteiger partial charge in [-0.05, 0) is 19.1 Å². The van der Waals surface area contributed by atoms with E-state index in [2.05, 4.69) is 56.6 Å². The number of anilines is 2. The van der Waals surface area contributed by atoms with Crippen molar-refractivity contribution in [3.8, 4) is 11.3 Å². The number of rotatable bonds is 3. The maximum absolute atomic E-state index is 6.27. The minimum absolute atomic E-state index is 0.283. The molecule has 0 unspecified atom stereocenters. The number of fused-ring (bicyclic) bond motifs is 2. The number of thiazole rings is 1. The van der Waals surface area contributed by atoms with Crippen LogP contribution < -0.4 is 5.32 Å². The van der Waals surface area contributed by atoms with Crippen LogP contribution in [-0.4, -0.2) is 24.6 Å². The van der Waals surface area contributed by atoms with Crippen LogP contribution in [0.4, 0.5) is 11.8 Å². The van der Waals surface area contributed by atoms with E-state index in [1.165, 1.54) is 16.9 Å². The second-order valence-corrected chi connectivity index (χ2v) is 7.29. The fraction of sp³-hybridized carbons (Fsp3) is 0.0526. The predicted molar refractivity (Wildman–Crippen MR) is 109 cm³/mol. The second-order valence-electron chi connectivity index (χ2n) is 6.09. The zero-order valence-electron chi connectivity index (χ0n) is 14.2. The van der Waals surface area contributed by atoms with Crippen molar-refractivity contribution in [1.29, 1.82) is 0 Å². The first-order chi connectivity index (χ1) is 13.2. The topological polar surface area (TPSA) is 68.0 Å². The van der Waals surface area contributed by atoms with Crippen molar-refractivity contribution in [1.82, 2.24) is 24.6 Å². The van der Waals surface area contributed by atoms with Crippen molar-refractivity contribution in [3.63, 3.8) is 0 Å². The molecule has 0 spiro atoms. The van der Waals surface area contributed by atoms with Gasteiger partial charge in [-0.15, -0.1) is 16.4 Å². The zero-order chi connectivity index (χ0) is 18.4. The van der Waals surface area contributed by atoms with E-state index < -0.39 is 0 Å². The van der Waals surface area contributed by atoms with Crippen LogP contribution in [0.25, 0.3) is 27.3 Å². The number of halogens is 1. The maximum atomic E-state index is 6.27. The van der Waals surface area contributed by atoms with Gasteiger partial charge in [-0.1, -0.05) is 53.6 Å². The number of hydrogen-bond acceptors (Lipinski definition) is 6. The molecule has 27 heavy (non-hydrogen) atoms. The number of hydrogen-bond donors (Lipinski definition) is 1. The summed E-state index contributed by atoms with van der Waals surface area (Å²) in [4.78, 5) is 14.2. The summed E-state index contributed by atoms with van der Waals surface area (Å²) in [5.41, 5.74) is 4.80. The molecule has 132 valence electrons. The number of aryl methyl sites for hydroxylation is 1. The van der Waals surface area contributed by atoms with Crippen LogP contribution >= 0.6 is 22.9 Å². The number of nitrogens with zero attached hydrogens (tertiary/aromatic N) is 5. The first-order valence-electron chi connectivity index (χ1n) is 8.28. The molecule has 1 N–H and O–H groups in total. The van der Waals surface area contributed by atoms with Gasteiger partial charge in [-0.2, -0.15) is 4.98 Å². The number of nitrogens with one attached hydrogen (secondary N) is 1. The zero-order valence-corrected chi connectivity index (χ0v) is 15.8. The van der Waals surface area contributed by atoms with Gasteiger partial charge in [0.25, 0.3) is 0 Å². The normalized spacial score (nSPS) is 11.3.